The maximum Gasteiger partial charge on any atom is 0.0288 e. The van der Waals surface area contributed by atoms with E-state index in [0.29, 0.717) is 0 Å². The minimum atomic E-state index is 0.841. The van der Waals surface area contributed by atoms with Gasteiger partial charge in [-0.1, -0.05) is 13.8 Å². The van der Waals surface area contributed by atoms with Gasteiger partial charge in [-0.15, -0.1) is 0 Å². The Kier molecular flexibility index (Phi) is 4.72. The van der Waals surface area contributed by atoms with E-state index >= 15 is 0 Å². The van der Waals surface area contributed by atoms with Crippen LogP contribution < -0.4 is 5.32 Å². The van der Waals surface area contributed by atoms with Gasteiger partial charge in [0, 0.05) is 28.6 Å². The van der Waals surface area contributed by atoms with E-state index in [-0.39, 0.29) is 0 Å². The van der Waals surface area contributed by atoms with Crippen LogP contribution >= 0.6 is 23.5 Å². The smallest absolute Gasteiger partial charge is 0.0288 e. The molecule has 1 fully saturated rings. The van der Waals surface area contributed by atoms with E-state index in [1.54, 1.807) is 0 Å². The Balaban J connectivity index is 2.18. The largest absolute Gasteiger partial charge is 0.316 e. The summed E-state index contributed by atoms with van der Waals surface area (Å²) in [6, 6.07) is 0. The first-order valence-corrected chi connectivity index (χ1v) is 6.38. The monoisotopic (exact) mass is 191 g/mol. The van der Waals surface area contributed by atoms with Crippen molar-refractivity contribution in [1.82, 2.24) is 5.32 Å². The third-order valence-electron chi connectivity index (χ3n) is 1.92. The molecule has 0 bridgehead atoms. The van der Waals surface area contributed by atoms with Gasteiger partial charge < -0.3 is 5.32 Å². The summed E-state index contributed by atoms with van der Waals surface area (Å²) < 4.78 is 0. The summed E-state index contributed by atoms with van der Waals surface area (Å²) in [6.07, 6.45) is 0. The molecule has 0 saturated carbocycles. The van der Waals surface area contributed by atoms with Gasteiger partial charge in [0.2, 0.25) is 0 Å². The zero-order valence-corrected chi connectivity index (χ0v) is 8.93. The van der Waals surface area contributed by atoms with Gasteiger partial charge in [0.25, 0.3) is 0 Å². The molecule has 1 aliphatic heterocycles. The first-order valence-electron chi connectivity index (χ1n) is 4.28. The molecule has 2 unspecified atom stereocenters. The van der Waals surface area contributed by atoms with Crippen molar-refractivity contribution in [3.05, 3.63) is 0 Å². The van der Waals surface area contributed by atoms with Crippen molar-refractivity contribution in [2.45, 2.75) is 24.3 Å². The van der Waals surface area contributed by atoms with E-state index < -0.39 is 0 Å². The summed E-state index contributed by atoms with van der Waals surface area (Å²) in [5.41, 5.74) is 0. The second-order valence-corrected chi connectivity index (χ2v) is 5.63. The molecular formula is C8H17NS2. The lowest BCUT2D eigenvalue weighted by Crippen LogP contribution is -2.33. The topological polar surface area (TPSA) is 12.0 Å². The average Bonchev–Trinajstić information content (AvgIpc) is 2.03. The quantitative estimate of drug-likeness (QED) is 0.731. The van der Waals surface area contributed by atoms with E-state index in [0.717, 1.165) is 17.0 Å². The van der Waals surface area contributed by atoms with Crippen LogP contribution in [0.15, 0.2) is 0 Å². The van der Waals surface area contributed by atoms with Crippen LogP contribution in [-0.2, 0) is 0 Å². The third-order valence-corrected chi connectivity index (χ3v) is 5.08. The lowest BCUT2D eigenvalue weighted by atomic mass is 10.3. The Morgan fingerprint density at radius 3 is 2.73 bits per heavy atom. The van der Waals surface area contributed by atoms with Crippen LogP contribution in [0.25, 0.3) is 0 Å². The summed E-state index contributed by atoms with van der Waals surface area (Å²) in [6.45, 7) is 6.81. The highest BCUT2D eigenvalue weighted by molar-refractivity contribution is 8.07. The minimum Gasteiger partial charge on any atom is -0.316 e. The van der Waals surface area contributed by atoms with Gasteiger partial charge in [-0.2, -0.15) is 23.5 Å². The number of hydrogen-bond acceptors (Lipinski definition) is 3. The van der Waals surface area contributed by atoms with Gasteiger partial charge in [-0.3, -0.25) is 0 Å². The maximum atomic E-state index is 3.41. The predicted molar refractivity (Wildman–Crippen MR) is 56.7 cm³/mol. The normalized spacial score (nSPS) is 32.2. The van der Waals surface area contributed by atoms with Crippen molar-refractivity contribution in [3.63, 3.8) is 0 Å². The highest BCUT2D eigenvalue weighted by Gasteiger charge is 2.21. The fraction of sp³-hybridized carbons (Fsp3) is 1.00. The van der Waals surface area contributed by atoms with Crippen molar-refractivity contribution in [2.75, 3.05) is 24.6 Å². The van der Waals surface area contributed by atoms with Crippen LogP contribution in [0, 0.1) is 0 Å². The Bertz CT molecular complexity index is 108. The fourth-order valence-corrected chi connectivity index (χ4v) is 3.92. The molecule has 0 spiro atoms. The first kappa shape index (κ1) is 9.75. The Morgan fingerprint density at radius 2 is 2.09 bits per heavy atom. The van der Waals surface area contributed by atoms with E-state index in [1.807, 2.05) is 0 Å². The number of thioether (sulfide) groups is 2. The second kappa shape index (κ2) is 5.33. The molecular weight excluding hydrogens is 174 g/mol. The van der Waals surface area contributed by atoms with E-state index in [9.17, 15) is 0 Å². The van der Waals surface area contributed by atoms with Crippen molar-refractivity contribution in [1.29, 1.82) is 0 Å². The Hall–Kier alpha value is 0.660. The first-order chi connectivity index (χ1) is 5.34. The SMILES string of the molecule is CCNCC1SCCSC1C. The van der Waals surface area contributed by atoms with Crippen LogP contribution in [0.1, 0.15) is 13.8 Å². The van der Waals surface area contributed by atoms with Gasteiger partial charge in [-0.25, -0.2) is 0 Å². The third kappa shape index (κ3) is 3.26. The summed E-state index contributed by atoms with van der Waals surface area (Å²) >= 11 is 4.24. The molecule has 0 aromatic rings. The Labute approximate surface area is 78.1 Å². The zero-order chi connectivity index (χ0) is 8.10. The van der Waals surface area contributed by atoms with E-state index in [1.165, 1.54) is 18.1 Å². The molecule has 1 rings (SSSR count). The number of rotatable bonds is 3. The van der Waals surface area contributed by atoms with Crippen LogP contribution in [0.5, 0.6) is 0 Å². The van der Waals surface area contributed by atoms with Crippen LogP contribution in [0.2, 0.25) is 0 Å². The molecule has 0 radical (unpaired) electrons. The average molecular weight is 191 g/mol. The van der Waals surface area contributed by atoms with Gasteiger partial charge >= 0.3 is 0 Å². The fourth-order valence-electron chi connectivity index (χ4n) is 1.19. The van der Waals surface area contributed by atoms with Crippen LogP contribution in [0.4, 0.5) is 0 Å². The molecule has 1 nitrogen and oxygen atoms in total. The lowest BCUT2D eigenvalue weighted by molar-refractivity contribution is 0.680. The molecule has 3 heteroatoms. The number of nitrogens with one attached hydrogen (secondary N) is 1. The lowest BCUT2D eigenvalue weighted by Gasteiger charge is -2.27. The second-order valence-electron chi connectivity index (χ2n) is 2.79. The summed E-state index contributed by atoms with van der Waals surface area (Å²) in [5.74, 6) is 2.68. The van der Waals surface area contributed by atoms with Gasteiger partial charge in [0.15, 0.2) is 0 Å². The molecule has 1 aliphatic rings. The van der Waals surface area contributed by atoms with Crippen LogP contribution in [-0.4, -0.2) is 35.1 Å². The van der Waals surface area contributed by atoms with Crippen molar-refractivity contribution >= 4 is 23.5 Å². The van der Waals surface area contributed by atoms with Crippen LogP contribution in [0.3, 0.4) is 0 Å². The highest BCUT2D eigenvalue weighted by atomic mass is 32.2. The molecule has 0 aromatic carbocycles. The van der Waals surface area contributed by atoms with Gasteiger partial charge in [0.05, 0.1) is 0 Å². The molecule has 11 heavy (non-hydrogen) atoms. The van der Waals surface area contributed by atoms with Crippen molar-refractivity contribution < 1.29 is 0 Å². The van der Waals surface area contributed by atoms with Crippen molar-refractivity contribution in [2.24, 2.45) is 0 Å². The molecule has 0 amide bonds. The molecule has 1 heterocycles. The van der Waals surface area contributed by atoms with Gasteiger partial charge in [-0.05, 0) is 6.54 Å². The maximum absolute atomic E-state index is 3.41. The highest BCUT2D eigenvalue weighted by Crippen LogP contribution is 2.30. The molecule has 1 saturated heterocycles. The minimum absolute atomic E-state index is 0.841. The summed E-state index contributed by atoms with van der Waals surface area (Å²) in [5, 5.41) is 5.10. The molecule has 2 atom stereocenters. The molecule has 66 valence electrons. The van der Waals surface area contributed by atoms with Gasteiger partial charge in [0.1, 0.15) is 0 Å². The van der Waals surface area contributed by atoms with E-state index in [2.05, 4.69) is 42.7 Å². The Morgan fingerprint density at radius 1 is 1.36 bits per heavy atom. The number of hydrogen-bond donors (Lipinski definition) is 1. The summed E-state index contributed by atoms with van der Waals surface area (Å²) in [7, 11) is 0. The summed E-state index contributed by atoms with van der Waals surface area (Å²) in [4.78, 5) is 0. The van der Waals surface area contributed by atoms with E-state index in [4.69, 9.17) is 0 Å². The molecule has 0 aliphatic carbocycles. The zero-order valence-electron chi connectivity index (χ0n) is 7.30. The van der Waals surface area contributed by atoms with Crippen molar-refractivity contribution in [3.8, 4) is 0 Å². The molecule has 1 N–H and O–H groups in total. The standard InChI is InChI=1S/C8H17NS2/c1-3-9-6-8-7(2)10-4-5-11-8/h7-9H,3-6H2,1-2H3. The molecule has 0 aromatic heterocycles. The predicted octanol–water partition coefficient (Wildman–Crippen LogP) is 1.83.